The number of rotatable bonds is 5. The number of pyridine rings is 1. The summed E-state index contributed by atoms with van der Waals surface area (Å²) >= 11 is 1.27. The second-order valence-corrected chi connectivity index (χ2v) is 5.92. The minimum atomic E-state index is -1.05. The molecule has 2 heterocycles. The molecular weight excluding hydrogens is 340 g/mol. The molecule has 0 unspecified atom stereocenters. The van der Waals surface area contributed by atoms with Gasteiger partial charge in [0.15, 0.2) is 5.69 Å². The Morgan fingerprint density at radius 3 is 2.76 bits per heavy atom. The van der Waals surface area contributed by atoms with Crippen molar-refractivity contribution in [1.29, 1.82) is 0 Å². The van der Waals surface area contributed by atoms with Gasteiger partial charge in [-0.05, 0) is 23.8 Å². The molecule has 0 spiro atoms. The number of nitrogens with one attached hydrogen (secondary N) is 2. The Balaban J connectivity index is 1.63. The zero-order valence-corrected chi connectivity index (χ0v) is 13.8. The van der Waals surface area contributed by atoms with E-state index >= 15 is 0 Å². The van der Waals surface area contributed by atoms with Crippen LogP contribution in [0.25, 0.3) is 10.6 Å². The molecule has 3 aromatic rings. The summed E-state index contributed by atoms with van der Waals surface area (Å²) in [5.74, 6) is -0.579. The number of hydrogen-bond acceptors (Lipinski definition) is 5. The molecule has 7 nitrogen and oxygen atoms in total. The molecule has 3 rings (SSSR count). The predicted octanol–water partition coefficient (Wildman–Crippen LogP) is 3.23. The second kappa shape index (κ2) is 7.54. The molecule has 0 saturated carbocycles. The summed E-state index contributed by atoms with van der Waals surface area (Å²) in [6.07, 6.45) is 1.60. The summed E-state index contributed by atoms with van der Waals surface area (Å²) in [6.45, 7) is 0.323. The van der Waals surface area contributed by atoms with Crippen molar-refractivity contribution in [2.24, 2.45) is 0 Å². The van der Waals surface area contributed by atoms with Gasteiger partial charge < -0.3 is 10.4 Å². The zero-order valence-electron chi connectivity index (χ0n) is 13.0. The van der Waals surface area contributed by atoms with Crippen molar-refractivity contribution in [2.75, 3.05) is 5.32 Å². The van der Waals surface area contributed by atoms with Gasteiger partial charge >= 0.3 is 12.0 Å². The van der Waals surface area contributed by atoms with E-state index in [1.54, 1.807) is 24.4 Å². The molecule has 1 aromatic carbocycles. The van der Waals surface area contributed by atoms with Crippen molar-refractivity contribution in [2.45, 2.75) is 6.54 Å². The molecule has 0 saturated heterocycles. The van der Waals surface area contributed by atoms with E-state index in [2.05, 4.69) is 20.6 Å². The standard InChI is InChI=1S/C17H14N4O3S/c22-16(23)13-10-25-15(20-13)12-5-3-4-11(8-12)9-19-17(24)21-14-6-1-2-7-18-14/h1-8,10H,9H2,(H,22,23)(H2,18,19,21,24). The Morgan fingerprint density at radius 1 is 1.16 bits per heavy atom. The summed E-state index contributed by atoms with van der Waals surface area (Å²) in [5.41, 5.74) is 1.71. The molecule has 126 valence electrons. The van der Waals surface area contributed by atoms with Crippen LogP contribution in [0.4, 0.5) is 10.6 Å². The number of carbonyl (C=O) groups excluding carboxylic acids is 1. The summed E-state index contributed by atoms with van der Waals surface area (Å²) in [5, 5.41) is 16.5. The molecule has 0 aliphatic heterocycles. The zero-order chi connectivity index (χ0) is 17.6. The van der Waals surface area contributed by atoms with Crippen LogP contribution in [0, 0.1) is 0 Å². The lowest BCUT2D eigenvalue weighted by Crippen LogP contribution is -2.28. The van der Waals surface area contributed by atoms with E-state index in [0.717, 1.165) is 11.1 Å². The number of amides is 2. The topological polar surface area (TPSA) is 104 Å². The summed E-state index contributed by atoms with van der Waals surface area (Å²) in [4.78, 5) is 30.9. The fourth-order valence-corrected chi connectivity index (χ4v) is 2.89. The summed E-state index contributed by atoms with van der Waals surface area (Å²) < 4.78 is 0. The first-order valence-corrected chi connectivity index (χ1v) is 8.24. The van der Waals surface area contributed by atoms with Gasteiger partial charge in [0.25, 0.3) is 0 Å². The fraction of sp³-hybridized carbons (Fsp3) is 0.0588. The molecule has 3 N–H and O–H groups in total. The van der Waals surface area contributed by atoms with Crippen molar-refractivity contribution >= 4 is 29.2 Å². The average Bonchev–Trinajstić information content (AvgIpc) is 3.12. The number of urea groups is 1. The Labute approximate surface area is 147 Å². The third kappa shape index (κ3) is 4.39. The van der Waals surface area contributed by atoms with Crippen LogP contribution in [0.1, 0.15) is 16.1 Å². The Morgan fingerprint density at radius 2 is 2.04 bits per heavy atom. The summed E-state index contributed by atoms with van der Waals surface area (Å²) in [7, 11) is 0. The van der Waals surface area contributed by atoms with Crippen LogP contribution in [0.15, 0.2) is 54.0 Å². The van der Waals surface area contributed by atoms with E-state index in [1.165, 1.54) is 16.7 Å². The SMILES string of the molecule is O=C(NCc1cccc(-c2nc(C(=O)O)cs2)c1)Nc1ccccn1. The summed E-state index contributed by atoms with van der Waals surface area (Å²) in [6, 6.07) is 12.3. The number of carboxylic acids is 1. The van der Waals surface area contributed by atoms with Crippen LogP contribution >= 0.6 is 11.3 Å². The number of aromatic nitrogens is 2. The van der Waals surface area contributed by atoms with Gasteiger partial charge in [0.2, 0.25) is 0 Å². The highest BCUT2D eigenvalue weighted by molar-refractivity contribution is 7.13. The van der Waals surface area contributed by atoms with E-state index in [9.17, 15) is 9.59 Å². The minimum Gasteiger partial charge on any atom is -0.476 e. The van der Waals surface area contributed by atoms with Crippen LogP contribution in [-0.2, 0) is 6.54 Å². The van der Waals surface area contributed by atoms with Crippen molar-refractivity contribution in [3.8, 4) is 10.6 Å². The molecule has 0 bridgehead atoms. The van der Waals surface area contributed by atoms with Gasteiger partial charge in [0.1, 0.15) is 10.8 Å². The molecule has 25 heavy (non-hydrogen) atoms. The highest BCUT2D eigenvalue weighted by atomic mass is 32.1. The molecule has 0 aliphatic carbocycles. The number of benzene rings is 1. The number of thiazole rings is 1. The number of aromatic carboxylic acids is 1. The minimum absolute atomic E-state index is 0.0262. The van der Waals surface area contributed by atoms with Crippen LogP contribution < -0.4 is 10.6 Å². The van der Waals surface area contributed by atoms with Crippen LogP contribution in [-0.4, -0.2) is 27.1 Å². The lowest BCUT2D eigenvalue weighted by atomic mass is 10.1. The third-order valence-corrected chi connectivity index (χ3v) is 4.15. The van der Waals surface area contributed by atoms with Gasteiger partial charge in [-0.15, -0.1) is 11.3 Å². The molecule has 8 heteroatoms. The number of anilines is 1. The number of carbonyl (C=O) groups is 2. The molecular formula is C17H14N4O3S. The molecule has 0 atom stereocenters. The molecule has 0 fully saturated rings. The monoisotopic (exact) mass is 354 g/mol. The van der Waals surface area contributed by atoms with Gasteiger partial charge in [-0.25, -0.2) is 19.6 Å². The highest BCUT2D eigenvalue weighted by Gasteiger charge is 2.10. The first-order valence-electron chi connectivity index (χ1n) is 7.36. The van der Waals surface area contributed by atoms with Gasteiger partial charge in [0.05, 0.1) is 0 Å². The Hall–Kier alpha value is -3.26. The molecule has 2 amide bonds. The fourth-order valence-electron chi connectivity index (χ4n) is 2.10. The first-order chi connectivity index (χ1) is 12.1. The van der Waals surface area contributed by atoms with Gasteiger partial charge in [-0.3, -0.25) is 5.32 Å². The van der Waals surface area contributed by atoms with E-state index < -0.39 is 5.97 Å². The van der Waals surface area contributed by atoms with Gasteiger partial charge in [0, 0.05) is 23.7 Å². The van der Waals surface area contributed by atoms with Crippen molar-refractivity contribution < 1.29 is 14.7 Å². The third-order valence-electron chi connectivity index (χ3n) is 3.26. The van der Waals surface area contributed by atoms with Crippen LogP contribution in [0.3, 0.4) is 0 Å². The van der Waals surface area contributed by atoms with Crippen LogP contribution in [0.5, 0.6) is 0 Å². The van der Waals surface area contributed by atoms with E-state index in [-0.39, 0.29) is 11.7 Å². The lowest BCUT2D eigenvalue weighted by molar-refractivity contribution is 0.0691. The van der Waals surface area contributed by atoms with Crippen LogP contribution in [0.2, 0.25) is 0 Å². The molecule has 0 radical (unpaired) electrons. The van der Waals surface area contributed by atoms with Gasteiger partial charge in [-0.2, -0.15) is 0 Å². The van der Waals surface area contributed by atoms with Crippen molar-refractivity contribution in [3.63, 3.8) is 0 Å². The highest BCUT2D eigenvalue weighted by Crippen LogP contribution is 2.24. The van der Waals surface area contributed by atoms with Crippen molar-refractivity contribution in [3.05, 3.63) is 65.3 Å². The van der Waals surface area contributed by atoms with E-state index in [1.807, 2.05) is 24.3 Å². The first kappa shape index (κ1) is 16.6. The average molecular weight is 354 g/mol. The predicted molar refractivity (Wildman–Crippen MR) is 94.6 cm³/mol. The number of carboxylic acid groups (broad SMARTS) is 1. The molecule has 0 aliphatic rings. The molecule has 2 aromatic heterocycles. The number of nitrogens with zero attached hydrogens (tertiary/aromatic N) is 2. The van der Waals surface area contributed by atoms with E-state index in [0.29, 0.717) is 17.4 Å². The van der Waals surface area contributed by atoms with Crippen molar-refractivity contribution in [1.82, 2.24) is 15.3 Å². The maximum Gasteiger partial charge on any atom is 0.355 e. The quantitative estimate of drug-likeness (QED) is 0.652. The Bertz CT molecular complexity index is 896. The van der Waals surface area contributed by atoms with E-state index in [4.69, 9.17) is 5.11 Å². The second-order valence-electron chi connectivity index (χ2n) is 5.07. The Kier molecular flexibility index (Phi) is 5.00. The largest absolute Gasteiger partial charge is 0.476 e. The maximum atomic E-state index is 11.9. The number of hydrogen-bond donors (Lipinski definition) is 3. The lowest BCUT2D eigenvalue weighted by Gasteiger charge is -2.07. The van der Waals surface area contributed by atoms with Gasteiger partial charge in [-0.1, -0.05) is 24.3 Å². The normalized spacial score (nSPS) is 10.2. The maximum absolute atomic E-state index is 11.9. The smallest absolute Gasteiger partial charge is 0.355 e.